The molecule has 94 valence electrons. The van der Waals surface area contributed by atoms with Crippen molar-refractivity contribution in [2.24, 2.45) is 0 Å². The van der Waals surface area contributed by atoms with Gasteiger partial charge in [-0.25, -0.2) is 8.42 Å². The van der Waals surface area contributed by atoms with E-state index < -0.39 is 10.0 Å². The summed E-state index contributed by atoms with van der Waals surface area (Å²) in [5, 5.41) is 3.23. The number of sulfonamides is 1. The minimum absolute atomic E-state index is 0.0886. The fourth-order valence-electron chi connectivity index (χ4n) is 1.09. The standard InChI is InChI=1S/C10H13ClN2O2S2/c1-2-6-12-10(16)13-17(14,15)9-5-3-4-8(11)7-9/h3-5,7H,2,6H2,1H3,(H2,12,13,16). The van der Waals surface area contributed by atoms with Gasteiger partial charge >= 0.3 is 0 Å². The van der Waals surface area contributed by atoms with E-state index in [-0.39, 0.29) is 10.0 Å². The van der Waals surface area contributed by atoms with Crippen molar-refractivity contribution in [1.82, 2.24) is 10.0 Å². The van der Waals surface area contributed by atoms with Crippen molar-refractivity contribution in [2.75, 3.05) is 6.54 Å². The lowest BCUT2D eigenvalue weighted by atomic mass is 10.4. The monoisotopic (exact) mass is 292 g/mol. The Bertz CT molecular complexity index is 503. The smallest absolute Gasteiger partial charge is 0.263 e. The molecule has 0 amide bonds. The van der Waals surface area contributed by atoms with Crippen LogP contribution in [0.4, 0.5) is 0 Å². The molecule has 0 saturated carbocycles. The highest BCUT2D eigenvalue weighted by atomic mass is 35.5. The first-order valence-corrected chi connectivity index (χ1v) is 7.29. The molecule has 0 aliphatic heterocycles. The van der Waals surface area contributed by atoms with E-state index in [4.69, 9.17) is 23.8 Å². The predicted molar refractivity (Wildman–Crippen MR) is 72.7 cm³/mol. The minimum atomic E-state index is -3.65. The molecule has 0 heterocycles. The average Bonchev–Trinajstić information content (AvgIpc) is 2.26. The predicted octanol–water partition coefficient (Wildman–Crippen LogP) is 1.90. The van der Waals surface area contributed by atoms with Gasteiger partial charge in [0.05, 0.1) is 4.90 Å². The molecule has 1 aromatic carbocycles. The van der Waals surface area contributed by atoms with Crippen LogP contribution in [0.15, 0.2) is 29.2 Å². The second kappa shape index (κ2) is 6.18. The molecule has 2 N–H and O–H groups in total. The van der Waals surface area contributed by atoms with Gasteiger partial charge in [-0.05, 0) is 36.8 Å². The third-order valence-corrected chi connectivity index (χ3v) is 3.83. The molecule has 17 heavy (non-hydrogen) atoms. The zero-order valence-corrected chi connectivity index (χ0v) is 11.6. The Labute approximate surface area is 111 Å². The van der Waals surface area contributed by atoms with Crippen LogP contribution in [0.2, 0.25) is 5.02 Å². The van der Waals surface area contributed by atoms with E-state index in [0.29, 0.717) is 11.6 Å². The molecule has 0 aliphatic carbocycles. The highest BCUT2D eigenvalue weighted by molar-refractivity contribution is 7.91. The van der Waals surface area contributed by atoms with Crippen LogP contribution in [0.1, 0.15) is 13.3 Å². The van der Waals surface area contributed by atoms with Crippen molar-refractivity contribution in [3.8, 4) is 0 Å². The van der Waals surface area contributed by atoms with Crippen molar-refractivity contribution in [3.63, 3.8) is 0 Å². The largest absolute Gasteiger partial charge is 0.362 e. The van der Waals surface area contributed by atoms with E-state index in [9.17, 15) is 8.42 Å². The van der Waals surface area contributed by atoms with Crippen LogP contribution >= 0.6 is 23.8 Å². The zero-order valence-electron chi connectivity index (χ0n) is 9.23. The lowest BCUT2D eigenvalue weighted by Gasteiger charge is -2.10. The maximum Gasteiger partial charge on any atom is 0.263 e. The summed E-state index contributed by atoms with van der Waals surface area (Å²) in [7, 11) is -3.65. The first kappa shape index (κ1) is 14.2. The van der Waals surface area contributed by atoms with Gasteiger partial charge in [0.2, 0.25) is 0 Å². The number of thiocarbonyl (C=S) groups is 1. The summed E-state index contributed by atoms with van der Waals surface area (Å²) < 4.78 is 26.0. The van der Waals surface area contributed by atoms with Crippen LogP contribution in [0.5, 0.6) is 0 Å². The fraction of sp³-hybridized carbons (Fsp3) is 0.300. The van der Waals surface area contributed by atoms with E-state index in [1.165, 1.54) is 12.1 Å². The SMILES string of the molecule is CCCNC(=S)NS(=O)(=O)c1cccc(Cl)c1. The Morgan fingerprint density at radius 1 is 1.47 bits per heavy atom. The first-order valence-electron chi connectivity index (χ1n) is 5.02. The summed E-state index contributed by atoms with van der Waals surface area (Å²) in [4.78, 5) is 0.0886. The molecule has 0 bridgehead atoms. The van der Waals surface area contributed by atoms with Crippen LogP contribution in [0.3, 0.4) is 0 Å². The molecule has 1 aromatic rings. The molecular formula is C10H13ClN2O2S2. The molecule has 7 heteroatoms. The van der Waals surface area contributed by atoms with Gasteiger partial charge in [-0.2, -0.15) is 0 Å². The Morgan fingerprint density at radius 3 is 2.76 bits per heavy atom. The zero-order chi connectivity index (χ0) is 12.9. The molecule has 4 nitrogen and oxygen atoms in total. The van der Waals surface area contributed by atoms with Crippen LogP contribution in [-0.2, 0) is 10.0 Å². The molecule has 0 atom stereocenters. The van der Waals surface area contributed by atoms with Crippen LogP contribution < -0.4 is 10.0 Å². The molecule has 0 fully saturated rings. The molecule has 0 unspecified atom stereocenters. The Morgan fingerprint density at radius 2 is 2.18 bits per heavy atom. The van der Waals surface area contributed by atoms with Gasteiger partial charge in [-0.3, -0.25) is 4.72 Å². The maximum absolute atomic E-state index is 11.9. The quantitative estimate of drug-likeness (QED) is 0.832. The number of hydrogen-bond donors (Lipinski definition) is 2. The number of hydrogen-bond acceptors (Lipinski definition) is 3. The molecule has 1 rings (SSSR count). The summed E-state index contributed by atoms with van der Waals surface area (Å²) >= 11 is 10.6. The van der Waals surface area contributed by atoms with E-state index in [2.05, 4.69) is 10.0 Å². The van der Waals surface area contributed by atoms with Crippen molar-refractivity contribution < 1.29 is 8.42 Å². The number of nitrogens with one attached hydrogen (secondary N) is 2. The summed E-state index contributed by atoms with van der Waals surface area (Å²) in [6.07, 6.45) is 0.860. The molecule has 0 aromatic heterocycles. The van der Waals surface area contributed by atoms with Crippen molar-refractivity contribution >= 4 is 39.0 Å². The third kappa shape index (κ3) is 4.49. The van der Waals surface area contributed by atoms with Gasteiger partial charge < -0.3 is 5.32 Å². The third-order valence-electron chi connectivity index (χ3n) is 1.87. The van der Waals surface area contributed by atoms with E-state index in [1.54, 1.807) is 12.1 Å². The fourth-order valence-corrected chi connectivity index (χ4v) is 2.75. The van der Waals surface area contributed by atoms with Gasteiger partial charge in [0, 0.05) is 11.6 Å². The second-order valence-corrected chi connectivity index (χ2v) is 5.85. The molecule has 0 spiro atoms. The summed E-state index contributed by atoms with van der Waals surface area (Å²) in [6.45, 7) is 2.58. The summed E-state index contributed by atoms with van der Waals surface area (Å²) in [6, 6.07) is 6.00. The van der Waals surface area contributed by atoms with Crippen molar-refractivity contribution in [1.29, 1.82) is 0 Å². The topological polar surface area (TPSA) is 58.2 Å². The normalized spacial score (nSPS) is 10.9. The highest BCUT2D eigenvalue weighted by Gasteiger charge is 2.15. The van der Waals surface area contributed by atoms with E-state index >= 15 is 0 Å². The Hall–Kier alpha value is -0.850. The van der Waals surface area contributed by atoms with E-state index in [0.717, 1.165) is 6.42 Å². The van der Waals surface area contributed by atoms with Crippen LogP contribution in [-0.4, -0.2) is 20.1 Å². The lowest BCUT2D eigenvalue weighted by molar-refractivity contribution is 0.592. The summed E-state index contributed by atoms with van der Waals surface area (Å²) in [5.41, 5.74) is 0. The molecular weight excluding hydrogens is 280 g/mol. The number of rotatable bonds is 4. The van der Waals surface area contributed by atoms with Gasteiger partial charge in [0.15, 0.2) is 5.11 Å². The van der Waals surface area contributed by atoms with Gasteiger partial charge in [0.1, 0.15) is 0 Å². The number of halogens is 1. The first-order chi connectivity index (χ1) is 7.95. The van der Waals surface area contributed by atoms with Crippen molar-refractivity contribution in [3.05, 3.63) is 29.3 Å². The summed E-state index contributed by atoms with van der Waals surface area (Å²) in [5.74, 6) is 0. The molecule has 0 radical (unpaired) electrons. The molecule has 0 aliphatic rings. The van der Waals surface area contributed by atoms with Gasteiger partial charge in [-0.1, -0.05) is 24.6 Å². The van der Waals surface area contributed by atoms with Crippen LogP contribution in [0, 0.1) is 0 Å². The number of benzene rings is 1. The molecule has 0 saturated heterocycles. The van der Waals surface area contributed by atoms with E-state index in [1.807, 2.05) is 6.92 Å². The van der Waals surface area contributed by atoms with Crippen molar-refractivity contribution in [2.45, 2.75) is 18.2 Å². The lowest BCUT2D eigenvalue weighted by Crippen LogP contribution is -2.39. The average molecular weight is 293 g/mol. The second-order valence-electron chi connectivity index (χ2n) is 3.32. The Kier molecular flexibility index (Phi) is 5.17. The minimum Gasteiger partial charge on any atom is -0.362 e. The van der Waals surface area contributed by atoms with Crippen LogP contribution in [0.25, 0.3) is 0 Å². The van der Waals surface area contributed by atoms with Gasteiger partial charge in [-0.15, -0.1) is 0 Å². The Balaban J connectivity index is 2.79. The van der Waals surface area contributed by atoms with Gasteiger partial charge in [0.25, 0.3) is 10.0 Å². The highest BCUT2D eigenvalue weighted by Crippen LogP contribution is 2.14. The maximum atomic E-state index is 11.9.